The number of amidine groups is 1. The van der Waals surface area contributed by atoms with E-state index in [9.17, 15) is 4.79 Å². The fourth-order valence-electron chi connectivity index (χ4n) is 0.953. The zero-order valence-electron chi connectivity index (χ0n) is 8.82. The van der Waals surface area contributed by atoms with Gasteiger partial charge < -0.3 is 5.73 Å². The predicted octanol–water partition coefficient (Wildman–Crippen LogP) is 1.86. The molecule has 0 atom stereocenters. The molecule has 0 bridgehead atoms. The zero-order valence-corrected chi connectivity index (χ0v) is 8.82. The molecule has 0 fully saturated rings. The van der Waals surface area contributed by atoms with Crippen molar-refractivity contribution in [3.8, 4) is 0 Å². The minimum Gasteiger partial charge on any atom is -0.383 e. The normalized spacial score (nSPS) is 10.1. The van der Waals surface area contributed by atoms with Crippen molar-refractivity contribution in [2.24, 2.45) is 10.7 Å². The Bertz CT molecular complexity index is 319. The van der Waals surface area contributed by atoms with Crippen LogP contribution in [-0.2, 0) is 0 Å². The maximum atomic E-state index is 10.5. The third-order valence-corrected chi connectivity index (χ3v) is 1.60. The van der Waals surface area contributed by atoms with E-state index in [0.29, 0.717) is 17.0 Å². The van der Waals surface area contributed by atoms with Crippen molar-refractivity contribution in [2.45, 2.75) is 13.8 Å². The highest BCUT2D eigenvalue weighted by molar-refractivity contribution is 6.03. The van der Waals surface area contributed by atoms with Crippen LogP contribution in [0.1, 0.15) is 29.8 Å². The largest absolute Gasteiger partial charge is 0.383 e. The van der Waals surface area contributed by atoms with Crippen LogP contribution in [0.25, 0.3) is 0 Å². The lowest BCUT2D eigenvalue weighted by atomic mass is 10.1. The molecule has 1 rings (SSSR count). The summed E-state index contributed by atoms with van der Waals surface area (Å²) in [5, 5.41) is 0. The summed E-state index contributed by atoms with van der Waals surface area (Å²) in [6.45, 7) is 4.00. The van der Waals surface area contributed by atoms with Crippen LogP contribution >= 0.6 is 0 Å². The summed E-state index contributed by atoms with van der Waals surface area (Å²) in [6.07, 6.45) is 0.771. The molecule has 2 N–H and O–H groups in total. The molecular weight excluding hydrogens is 176 g/mol. The molecular formula is C11H16N2O. The highest BCUT2D eigenvalue weighted by Crippen LogP contribution is 2.04. The number of aliphatic imine (C=N–C) groups is 1. The van der Waals surface area contributed by atoms with Gasteiger partial charge in [-0.3, -0.25) is 9.79 Å². The molecule has 0 aromatic heterocycles. The second-order valence-electron chi connectivity index (χ2n) is 2.31. The monoisotopic (exact) mass is 192 g/mol. The summed E-state index contributed by atoms with van der Waals surface area (Å²) in [4.78, 5) is 14.3. The smallest absolute Gasteiger partial charge is 0.150 e. The van der Waals surface area contributed by atoms with E-state index in [0.717, 1.165) is 6.29 Å². The van der Waals surface area contributed by atoms with Crippen LogP contribution in [0.5, 0.6) is 0 Å². The quantitative estimate of drug-likeness (QED) is 0.441. The Kier molecular flexibility index (Phi) is 6.03. The van der Waals surface area contributed by atoms with Crippen LogP contribution in [0.15, 0.2) is 29.3 Å². The Morgan fingerprint density at radius 3 is 2.43 bits per heavy atom. The second-order valence-corrected chi connectivity index (χ2v) is 2.31. The summed E-state index contributed by atoms with van der Waals surface area (Å²) in [5.74, 6) is 0.387. The lowest BCUT2D eigenvalue weighted by molar-refractivity contribution is 0.112. The van der Waals surface area contributed by atoms with Crippen molar-refractivity contribution in [1.82, 2.24) is 0 Å². The first-order chi connectivity index (χ1) is 6.79. The Hall–Kier alpha value is -1.64. The molecule has 14 heavy (non-hydrogen) atoms. The van der Waals surface area contributed by atoms with E-state index in [-0.39, 0.29) is 0 Å². The van der Waals surface area contributed by atoms with Crippen molar-refractivity contribution in [3.63, 3.8) is 0 Å². The number of nitrogens with two attached hydrogens (primary N) is 1. The molecule has 0 aliphatic rings. The van der Waals surface area contributed by atoms with Crippen LogP contribution in [0, 0.1) is 0 Å². The first kappa shape index (κ1) is 12.4. The number of nitrogens with zero attached hydrogens (tertiary/aromatic N) is 1. The molecule has 0 radical (unpaired) electrons. The molecule has 3 heteroatoms. The van der Waals surface area contributed by atoms with E-state index in [1.54, 1.807) is 25.2 Å². The number of aldehydes is 1. The van der Waals surface area contributed by atoms with E-state index in [1.807, 2.05) is 19.9 Å². The van der Waals surface area contributed by atoms with Gasteiger partial charge >= 0.3 is 0 Å². The lowest BCUT2D eigenvalue weighted by Gasteiger charge is -2.01. The van der Waals surface area contributed by atoms with Crippen LogP contribution in [0.4, 0.5) is 0 Å². The van der Waals surface area contributed by atoms with Crippen LogP contribution in [0.2, 0.25) is 0 Å². The zero-order chi connectivity index (χ0) is 11.0. The van der Waals surface area contributed by atoms with Gasteiger partial charge in [-0.2, -0.15) is 0 Å². The average Bonchev–Trinajstić information content (AvgIpc) is 2.30. The summed E-state index contributed by atoms with van der Waals surface area (Å²) in [5.41, 5.74) is 6.82. The Labute approximate surface area is 84.7 Å². The summed E-state index contributed by atoms with van der Waals surface area (Å²) in [6, 6.07) is 7.09. The van der Waals surface area contributed by atoms with Crippen molar-refractivity contribution >= 4 is 12.1 Å². The highest BCUT2D eigenvalue weighted by atomic mass is 16.1. The van der Waals surface area contributed by atoms with Gasteiger partial charge in [0.2, 0.25) is 0 Å². The molecule has 1 aromatic carbocycles. The third-order valence-electron chi connectivity index (χ3n) is 1.60. The van der Waals surface area contributed by atoms with Gasteiger partial charge in [0.25, 0.3) is 0 Å². The van der Waals surface area contributed by atoms with Crippen LogP contribution in [0.3, 0.4) is 0 Å². The van der Waals surface area contributed by atoms with E-state index in [4.69, 9.17) is 5.73 Å². The molecule has 0 aliphatic carbocycles. The molecule has 1 aromatic rings. The van der Waals surface area contributed by atoms with Gasteiger partial charge in [0.15, 0.2) is 6.29 Å². The van der Waals surface area contributed by atoms with Gasteiger partial charge in [-0.05, 0) is 0 Å². The van der Waals surface area contributed by atoms with E-state index >= 15 is 0 Å². The first-order valence-corrected chi connectivity index (χ1v) is 4.56. The maximum Gasteiger partial charge on any atom is 0.150 e. The van der Waals surface area contributed by atoms with Gasteiger partial charge in [0.1, 0.15) is 5.84 Å². The first-order valence-electron chi connectivity index (χ1n) is 4.56. The molecule has 0 spiro atoms. The SMILES string of the molecule is CC.CN=C(N)c1ccccc1C=O. The van der Waals surface area contributed by atoms with Gasteiger partial charge in [-0.25, -0.2) is 0 Å². The molecule has 76 valence electrons. The van der Waals surface area contributed by atoms with E-state index in [1.165, 1.54) is 0 Å². The van der Waals surface area contributed by atoms with Crippen molar-refractivity contribution in [3.05, 3.63) is 35.4 Å². The van der Waals surface area contributed by atoms with Gasteiger partial charge in [0, 0.05) is 18.2 Å². The molecule has 3 nitrogen and oxygen atoms in total. The summed E-state index contributed by atoms with van der Waals surface area (Å²) < 4.78 is 0. The molecule has 0 amide bonds. The molecule has 0 aliphatic heterocycles. The van der Waals surface area contributed by atoms with Gasteiger partial charge in [0.05, 0.1) is 0 Å². The Morgan fingerprint density at radius 2 is 1.93 bits per heavy atom. The minimum absolute atomic E-state index is 0.387. The minimum atomic E-state index is 0.387. The molecule has 0 unspecified atom stereocenters. The number of benzene rings is 1. The Morgan fingerprint density at radius 1 is 1.36 bits per heavy atom. The second kappa shape index (κ2) is 6.83. The highest BCUT2D eigenvalue weighted by Gasteiger charge is 2.02. The third kappa shape index (κ3) is 3.01. The van der Waals surface area contributed by atoms with Crippen LogP contribution in [-0.4, -0.2) is 19.2 Å². The number of hydrogen-bond donors (Lipinski definition) is 1. The van der Waals surface area contributed by atoms with E-state index < -0.39 is 0 Å². The molecule has 0 saturated heterocycles. The number of carbonyl (C=O) groups excluding carboxylic acids is 1. The predicted molar refractivity (Wildman–Crippen MR) is 59.8 cm³/mol. The number of carbonyl (C=O) groups is 1. The van der Waals surface area contributed by atoms with Crippen molar-refractivity contribution in [2.75, 3.05) is 7.05 Å². The molecule has 0 heterocycles. The Balaban J connectivity index is 0.000000791. The fraction of sp³-hybridized carbons (Fsp3) is 0.273. The van der Waals surface area contributed by atoms with Crippen LogP contribution < -0.4 is 5.73 Å². The number of hydrogen-bond acceptors (Lipinski definition) is 2. The lowest BCUT2D eigenvalue weighted by Crippen LogP contribution is -2.14. The fourth-order valence-corrected chi connectivity index (χ4v) is 0.953. The topological polar surface area (TPSA) is 55.4 Å². The van der Waals surface area contributed by atoms with Gasteiger partial charge in [-0.1, -0.05) is 38.1 Å². The average molecular weight is 192 g/mol. The van der Waals surface area contributed by atoms with Crippen molar-refractivity contribution < 1.29 is 4.79 Å². The van der Waals surface area contributed by atoms with Crippen molar-refractivity contribution in [1.29, 1.82) is 0 Å². The standard InChI is InChI=1S/C9H10N2O.C2H6/c1-11-9(10)8-5-3-2-4-7(8)6-12;1-2/h2-6H,1H3,(H2,10,11);1-2H3. The van der Waals surface area contributed by atoms with Gasteiger partial charge in [-0.15, -0.1) is 0 Å². The maximum absolute atomic E-state index is 10.5. The number of rotatable bonds is 2. The summed E-state index contributed by atoms with van der Waals surface area (Å²) in [7, 11) is 1.59. The summed E-state index contributed by atoms with van der Waals surface area (Å²) >= 11 is 0. The molecule has 0 saturated carbocycles. The van der Waals surface area contributed by atoms with E-state index in [2.05, 4.69) is 4.99 Å².